The van der Waals surface area contributed by atoms with Crippen molar-refractivity contribution in [3.63, 3.8) is 0 Å². The summed E-state index contributed by atoms with van der Waals surface area (Å²) in [6.07, 6.45) is 0. The molecule has 2 aliphatic rings. The minimum Gasteiger partial charge on any atom is -0.474 e. The summed E-state index contributed by atoms with van der Waals surface area (Å²) in [6, 6.07) is 19.8. The number of nitrogens with one attached hydrogen (secondary N) is 1. The monoisotopic (exact) mass is 331 g/mol. The molecule has 25 heavy (non-hydrogen) atoms. The van der Waals surface area contributed by atoms with Crippen LogP contribution in [0.15, 0.2) is 76.2 Å². The van der Waals surface area contributed by atoms with Crippen LogP contribution in [0.25, 0.3) is 0 Å². The Bertz CT molecular complexity index is 801. The van der Waals surface area contributed by atoms with E-state index in [2.05, 4.69) is 15.9 Å². The molecule has 2 aromatic rings. The first-order valence-electron chi connectivity index (χ1n) is 8.16. The van der Waals surface area contributed by atoms with Gasteiger partial charge in [0, 0.05) is 0 Å². The van der Waals surface area contributed by atoms with Gasteiger partial charge in [0.25, 0.3) is 0 Å². The standard InChI is InChI=1S/C20H17N3O2/c21-11-16(19-22-17(12-24-19)14-7-3-1-4-8-14)20-23-18(13-25-20)15-9-5-2-6-10-15/h1-10,17-18,21H,12-13H2/t17-,18-/m1/s1. The highest BCUT2D eigenvalue weighted by Gasteiger charge is 2.30. The van der Waals surface area contributed by atoms with Crippen LogP contribution in [0, 0.1) is 5.41 Å². The summed E-state index contributed by atoms with van der Waals surface area (Å²) in [6.45, 7) is 0.889. The Labute approximate surface area is 145 Å². The summed E-state index contributed by atoms with van der Waals surface area (Å²) >= 11 is 0. The van der Waals surface area contributed by atoms with Gasteiger partial charge in [-0.25, -0.2) is 9.98 Å². The van der Waals surface area contributed by atoms with Crippen molar-refractivity contribution in [2.45, 2.75) is 12.1 Å². The second-order valence-electron chi connectivity index (χ2n) is 5.84. The van der Waals surface area contributed by atoms with Crippen molar-refractivity contribution in [2.75, 3.05) is 13.2 Å². The molecule has 0 bridgehead atoms. The van der Waals surface area contributed by atoms with Crippen LogP contribution in [-0.2, 0) is 9.47 Å². The molecule has 0 saturated carbocycles. The third kappa shape index (κ3) is 3.10. The Morgan fingerprint density at radius 3 is 1.64 bits per heavy atom. The third-order valence-corrected chi connectivity index (χ3v) is 4.22. The summed E-state index contributed by atoms with van der Waals surface area (Å²) in [5.74, 6) is 3.13. The van der Waals surface area contributed by atoms with Crippen molar-refractivity contribution >= 4 is 17.7 Å². The predicted octanol–water partition coefficient (Wildman–Crippen LogP) is 3.50. The number of ether oxygens (including phenoxy) is 2. The van der Waals surface area contributed by atoms with Gasteiger partial charge in [-0.05, 0) is 17.0 Å². The lowest BCUT2D eigenvalue weighted by Crippen LogP contribution is -2.14. The van der Waals surface area contributed by atoms with E-state index in [4.69, 9.17) is 14.9 Å². The SMILES string of the molecule is N=C=C(C1=N[C@@H](c2ccccc2)CO1)C1=N[C@@H](c2ccccc2)CO1. The molecular formula is C20H17N3O2. The van der Waals surface area contributed by atoms with E-state index in [9.17, 15) is 0 Å². The van der Waals surface area contributed by atoms with Gasteiger partial charge in [-0.3, -0.25) is 5.41 Å². The van der Waals surface area contributed by atoms with E-state index in [1.165, 1.54) is 0 Å². The highest BCUT2D eigenvalue weighted by atomic mass is 16.5. The van der Waals surface area contributed by atoms with Crippen molar-refractivity contribution in [1.82, 2.24) is 0 Å². The number of nitrogens with zero attached hydrogens (tertiary/aromatic N) is 2. The van der Waals surface area contributed by atoms with Crippen LogP contribution in [0.4, 0.5) is 0 Å². The first-order valence-corrected chi connectivity index (χ1v) is 8.16. The zero-order chi connectivity index (χ0) is 17.1. The average molecular weight is 331 g/mol. The Morgan fingerprint density at radius 1 is 0.800 bits per heavy atom. The maximum atomic E-state index is 7.62. The number of rotatable bonds is 4. The van der Waals surface area contributed by atoms with E-state index in [1.807, 2.05) is 60.7 Å². The molecule has 0 spiro atoms. The molecule has 124 valence electrons. The lowest BCUT2D eigenvalue weighted by molar-refractivity contribution is 0.310. The second-order valence-corrected chi connectivity index (χ2v) is 5.84. The van der Waals surface area contributed by atoms with E-state index >= 15 is 0 Å². The van der Waals surface area contributed by atoms with Crippen LogP contribution in [0.1, 0.15) is 23.2 Å². The summed E-state index contributed by atoms with van der Waals surface area (Å²) in [4.78, 5) is 9.17. The minimum absolute atomic E-state index is 0.0773. The van der Waals surface area contributed by atoms with Crippen molar-refractivity contribution in [1.29, 1.82) is 5.41 Å². The molecule has 2 aliphatic heterocycles. The molecular weight excluding hydrogens is 314 g/mol. The van der Waals surface area contributed by atoms with Gasteiger partial charge in [0.05, 0.1) is 0 Å². The van der Waals surface area contributed by atoms with E-state index < -0.39 is 0 Å². The normalized spacial score (nSPS) is 21.6. The largest absolute Gasteiger partial charge is 0.474 e. The fraction of sp³-hybridized carbons (Fsp3) is 0.200. The third-order valence-electron chi connectivity index (χ3n) is 4.22. The summed E-state index contributed by atoms with van der Waals surface area (Å²) < 4.78 is 11.4. The first kappa shape index (κ1) is 15.4. The Morgan fingerprint density at radius 2 is 1.24 bits per heavy atom. The highest BCUT2D eigenvalue weighted by molar-refractivity contribution is 6.25. The van der Waals surface area contributed by atoms with Gasteiger partial charge in [-0.15, -0.1) is 0 Å². The van der Waals surface area contributed by atoms with Crippen LogP contribution in [-0.4, -0.2) is 30.9 Å². The van der Waals surface area contributed by atoms with E-state index in [-0.39, 0.29) is 12.1 Å². The maximum Gasteiger partial charge on any atom is 0.232 e. The average Bonchev–Trinajstić information content (AvgIpc) is 3.35. The summed E-state index contributed by atoms with van der Waals surface area (Å²) in [7, 11) is 0. The Hall–Kier alpha value is -3.17. The molecule has 0 aromatic heterocycles. The van der Waals surface area contributed by atoms with Gasteiger partial charge in [-0.2, -0.15) is 0 Å². The molecule has 2 aromatic carbocycles. The van der Waals surface area contributed by atoms with E-state index in [0.717, 1.165) is 11.1 Å². The quantitative estimate of drug-likeness (QED) is 0.871. The zero-order valence-corrected chi connectivity index (χ0v) is 13.6. The molecule has 0 aliphatic carbocycles. The molecule has 0 saturated heterocycles. The minimum atomic E-state index is -0.0773. The van der Waals surface area contributed by atoms with Crippen LogP contribution in [0.3, 0.4) is 0 Å². The number of hydrogen-bond acceptors (Lipinski definition) is 5. The molecule has 1 N–H and O–H groups in total. The Balaban J connectivity index is 1.57. The van der Waals surface area contributed by atoms with Gasteiger partial charge < -0.3 is 9.47 Å². The van der Waals surface area contributed by atoms with Gasteiger partial charge in [0.15, 0.2) is 5.57 Å². The fourth-order valence-electron chi connectivity index (χ4n) is 2.91. The molecule has 2 heterocycles. The summed E-state index contributed by atoms with van der Waals surface area (Å²) in [5, 5.41) is 7.62. The van der Waals surface area contributed by atoms with Gasteiger partial charge >= 0.3 is 0 Å². The molecule has 5 heteroatoms. The summed E-state index contributed by atoms with van der Waals surface area (Å²) in [5.41, 5.74) is 2.54. The van der Waals surface area contributed by atoms with Crippen molar-refractivity contribution in [2.24, 2.45) is 9.98 Å². The molecule has 0 fully saturated rings. The lowest BCUT2D eigenvalue weighted by atomic mass is 10.1. The van der Waals surface area contributed by atoms with E-state index in [0.29, 0.717) is 30.6 Å². The number of aliphatic imine (C=N–C) groups is 2. The molecule has 0 amide bonds. The van der Waals surface area contributed by atoms with Crippen LogP contribution >= 0.6 is 0 Å². The number of benzene rings is 2. The van der Waals surface area contributed by atoms with Gasteiger partial charge in [0.1, 0.15) is 25.3 Å². The Kier molecular flexibility index (Phi) is 4.15. The smallest absolute Gasteiger partial charge is 0.232 e. The topological polar surface area (TPSA) is 67.0 Å². The predicted molar refractivity (Wildman–Crippen MR) is 96.4 cm³/mol. The van der Waals surface area contributed by atoms with Crippen LogP contribution in [0.5, 0.6) is 0 Å². The number of hydrogen-bond donors (Lipinski definition) is 1. The second kappa shape index (κ2) is 6.75. The molecule has 4 rings (SSSR count). The fourth-order valence-corrected chi connectivity index (χ4v) is 2.91. The molecule has 5 nitrogen and oxygen atoms in total. The molecule has 0 unspecified atom stereocenters. The van der Waals surface area contributed by atoms with Crippen LogP contribution < -0.4 is 0 Å². The van der Waals surface area contributed by atoms with E-state index in [1.54, 1.807) is 0 Å². The molecule has 2 atom stereocenters. The van der Waals surface area contributed by atoms with Gasteiger partial charge in [-0.1, -0.05) is 60.7 Å². The molecule has 0 radical (unpaired) electrons. The van der Waals surface area contributed by atoms with Gasteiger partial charge in [0.2, 0.25) is 11.8 Å². The lowest BCUT2D eigenvalue weighted by Gasteiger charge is -2.04. The first-order chi connectivity index (χ1) is 12.3. The van der Waals surface area contributed by atoms with Crippen LogP contribution in [0.2, 0.25) is 0 Å². The maximum absolute atomic E-state index is 7.62. The van der Waals surface area contributed by atoms with Crippen molar-refractivity contribution in [3.05, 3.63) is 77.4 Å². The van der Waals surface area contributed by atoms with Crippen molar-refractivity contribution < 1.29 is 9.47 Å². The van der Waals surface area contributed by atoms with Crippen molar-refractivity contribution in [3.8, 4) is 0 Å². The zero-order valence-electron chi connectivity index (χ0n) is 13.6. The highest BCUT2D eigenvalue weighted by Crippen LogP contribution is 2.28.